The Bertz CT molecular complexity index is 624. The average Bonchev–Trinajstić information content (AvgIpc) is 3.30. The van der Waals surface area contributed by atoms with Crippen LogP contribution in [0.5, 0.6) is 0 Å². The van der Waals surface area contributed by atoms with Crippen molar-refractivity contribution in [3.63, 3.8) is 0 Å². The maximum atomic E-state index is 12.2. The van der Waals surface area contributed by atoms with E-state index < -0.39 is 6.10 Å². The second-order valence-corrected chi connectivity index (χ2v) is 7.19. The molecule has 1 amide bonds. The zero-order valence-electron chi connectivity index (χ0n) is 13.7. The smallest absolute Gasteiger partial charge is 0.223 e. The summed E-state index contributed by atoms with van der Waals surface area (Å²) in [5.74, 6) is -0.105. The highest BCUT2D eigenvalue weighted by molar-refractivity contribution is 7.10. The molecular weight excluding hydrogens is 320 g/mol. The minimum Gasteiger partial charge on any atom is -0.388 e. The Morgan fingerprint density at radius 2 is 1.92 bits per heavy atom. The number of aliphatic hydroxyl groups is 1. The summed E-state index contributed by atoms with van der Waals surface area (Å²) >= 11 is 1.74. The molecule has 5 heteroatoms. The number of nitrogens with one attached hydrogen (secondary N) is 1. The van der Waals surface area contributed by atoms with E-state index in [0.29, 0.717) is 6.54 Å². The van der Waals surface area contributed by atoms with Crippen LogP contribution in [0.25, 0.3) is 0 Å². The van der Waals surface area contributed by atoms with Crippen molar-refractivity contribution in [2.75, 3.05) is 19.6 Å². The Labute approximate surface area is 147 Å². The Morgan fingerprint density at radius 3 is 2.58 bits per heavy atom. The molecule has 0 radical (unpaired) electrons. The molecule has 0 bridgehead atoms. The van der Waals surface area contributed by atoms with E-state index in [0.717, 1.165) is 18.7 Å². The predicted octanol–water partition coefficient (Wildman–Crippen LogP) is 3.12. The second-order valence-electron chi connectivity index (χ2n) is 6.21. The lowest BCUT2D eigenvalue weighted by atomic mass is 10.1. The summed E-state index contributed by atoms with van der Waals surface area (Å²) in [7, 11) is 0. The fraction of sp³-hybridized carbons (Fsp3) is 0.421. The molecule has 24 heavy (non-hydrogen) atoms. The lowest BCUT2D eigenvalue weighted by Crippen LogP contribution is -2.36. The molecule has 0 spiro atoms. The van der Waals surface area contributed by atoms with Gasteiger partial charge >= 0.3 is 0 Å². The molecule has 2 heterocycles. The average molecular weight is 344 g/mol. The molecule has 1 saturated heterocycles. The van der Waals surface area contributed by atoms with Gasteiger partial charge in [0.05, 0.1) is 18.6 Å². The maximum Gasteiger partial charge on any atom is 0.223 e. The number of thiophene rings is 1. The van der Waals surface area contributed by atoms with Gasteiger partial charge in [0.2, 0.25) is 5.91 Å². The third kappa shape index (κ3) is 4.44. The lowest BCUT2D eigenvalue weighted by molar-refractivity contribution is -0.123. The van der Waals surface area contributed by atoms with Crippen molar-refractivity contribution in [1.82, 2.24) is 10.2 Å². The molecular formula is C19H24N2O2S. The lowest BCUT2D eigenvalue weighted by Gasteiger charge is -2.27. The normalized spacial score (nSPS) is 17.5. The summed E-state index contributed by atoms with van der Waals surface area (Å²) in [6, 6.07) is 13.8. The number of rotatable bonds is 7. The summed E-state index contributed by atoms with van der Waals surface area (Å²) in [6.45, 7) is 2.77. The van der Waals surface area contributed by atoms with E-state index in [1.54, 1.807) is 11.3 Å². The molecule has 0 saturated carbocycles. The molecule has 2 N–H and O–H groups in total. The van der Waals surface area contributed by atoms with Crippen LogP contribution in [-0.4, -0.2) is 35.5 Å². The first kappa shape index (κ1) is 17.1. The SMILES string of the molecule is O=C(CC(O)c1ccccc1)NCC(c1cccs1)N1CCCC1. The van der Waals surface area contributed by atoms with E-state index in [-0.39, 0.29) is 18.4 Å². The topological polar surface area (TPSA) is 52.6 Å². The minimum absolute atomic E-state index is 0.0984. The number of carbonyl (C=O) groups excluding carboxylic acids is 1. The molecule has 0 aliphatic carbocycles. The van der Waals surface area contributed by atoms with E-state index >= 15 is 0 Å². The molecule has 1 aromatic heterocycles. The van der Waals surface area contributed by atoms with Crippen molar-refractivity contribution < 1.29 is 9.90 Å². The van der Waals surface area contributed by atoms with Crippen molar-refractivity contribution in [2.45, 2.75) is 31.4 Å². The quantitative estimate of drug-likeness (QED) is 0.811. The Hall–Kier alpha value is -1.69. The maximum absolute atomic E-state index is 12.2. The van der Waals surface area contributed by atoms with Gasteiger partial charge in [0.25, 0.3) is 0 Å². The number of aliphatic hydroxyl groups excluding tert-OH is 1. The van der Waals surface area contributed by atoms with Crippen molar-refractivity contribution in [1.29, 1.82) is 0 Å². The first-order chi connectivity index (χ1) is 11.7. The van der Waals surface area contributed by atoms with Gasteiger partial charge in [0.1, 0.15) is 0 Å². The van der Waals surface area contributed by atoms with E-state index in [2.05, 4.69) is 27.7 Å². The van der Waals surface area contributed by atoms with Crippen LogP contribution < -0.4 is 5.32 Å². The van der Waals surface area contributed by atoms with Gasteiger partial charge in [-0.2, -0.15) is 0 Å². The number of likely N-dealkylation sites (tertiary alicyclic amines) is 1. The molecule has 2 atom stereocenters. The van der Waals surface area contributed by atoms with Crippen molar-refractivity contribution in [2.24, 2.45) is 0 Å². The first-order valence-corrected chi connectivity index (χ1v) is 9.39. The Balaban J connectivity index is 1.55. The first-order valence-electron chi connectivity index (χ1n) is 8.51. The van der Waals surface area contributed by atoms with Gasteiger partial charge in [-0.05, 0) is 42.9 Å². The number of benzene rings is 1. The molecule has 1 aliphatic rings. The van der Waals surface area contributed by atoms with E-state index in [9.17, 15) is 9.90 Å². The summed E-state index contributed by atoms with van der Waals surface area (Å²) in [5, 5.41) is 15.3. The largest absolute Gasteiger partial charge is 0.388 e. The van der Waals surface area contributed by atoms with Crippen molar-refractivity contribution in [3.8, 4) is 0 Å². The van der Waals surface area contributed by atoms with Gasteiger partial charge in [0.15, 0.2) is 0 Å². The third-order valence-corrected chi connectivity index (χ3v) is 5.48. The van der Waals surface area contributed by atoms with Crippen LogP contribution in [0.2, 0.25) is 0 Å². The van der Waals surface area contributed by atoms with Gasteiger partial charge in [-0.25, -0.2) is 0 Å². The number of nitrogens with zero attached hydrogens (tertiary/aromatic N) is 1. The standard InChI is InChI=1S/C19H24N2O2S/c22-17(15-7-2-1-3-8-15)13-19(23)20-14-16(18-9-6-12-24-18)21-10-4-5-11-21/h1-3,6-9,12,16-17,22H,4-5,10-11,13-14H2,(H,20,23). The third-order valence-electron chi connectivity index (χ3n) is 4.51. The zero-order chi connectivity index (χ0) is 16.8. The molecule has 2 unspecified atom stereocenters. The van der Waals surface area contributed by atoms with Crippen molar-refractivity contribution in [3.05, 3.63) is 58.3 Å². The number of hydrogen-bond donors (Lipinski definition) is 2. The number of carbonyl (C=O) groups is 1. The van der Waals surface area contributed by atoms with E-state index in [4.69, 9.17) is 0 Å². The molecule has 3 rings (SSSR count). The summed E-state index contributed by atoms with van der Waals surface area (Å²) in [4.78, 5) is 16.0. The second kappa shape index (κ2) is 8.42. The number of amides is 1. The van der Waals surface area contributed by atoms with Gasteiger partial charge < -0.3 is 10.4 Å². The van der Waals surface area contributed by atoms with Gasteiger partial charge in [-0.15, -0.1) is 11.3 Å². The fourth-order valence-electron chi connectivity index (χ4n) is 3.20. The Kier molecular flexibility index (Phi) is 6.01. The highest BCUT2D eigenvalue weighted by Crippen LogP contribution is 2.28. The van der Waals surface area contributed by atoms with Crippen molar-refractivity contribution >= 4 is 17.2 Å². The van der Waals surface area contributed by atoms with E-state index in [1.165, 1.54) is 17.7 Å². The van der Waals surface area contributed by atoms with Gasteiger partial charge in [0, 0.05) is 11.4 Å². The summed E-state index contributed by atoms with van der Waals surface area (Å²) in [5.41, 5.74) is 0.780. The van der Waals surface area contributed by atoms with Crippen LogP contribution in [0.15, 0.2) is 47.8 Å². The highest BCUT2D eigenvalue weighted by Gasteiger charge is 2.25. The van der Waals surface area contributed by atoms with Crippen LogP contribution in [0.4, 0.5) is 0 Å². The van der Waals surface area contributed by atoms with Gasteiger partial charge in [-0.3, -0.25) is 9.69 Å². The predicted molar refractivity (Wildman–Crippen MR) is 96.9 cm³/mol. The van der Waals surface area contributed by atoms with E-state index in [1.807, 2.05) is 30.3 Å². The van der Waals surface area contributed by atoms with Crippen LogP contribution in [0.3, 0.4) is 0 Å². The Morgan fingerprint density at radius 1 is 1.17 bits per heavy atom. The van der Waals surface area contributed by atoms with Crippen LogP contribution in [0.1, 0.15) is 41.8 Å². The van der Waals surface area contributed by atoms with Crippen LogP contribution in [-0.2, 0) is 4.79 Å². The van der Waals surface area contributed by atoms with Crippen LogP contribution in [0, 0.1) is 0 Å². The fourth-order valence-corrected chi connectivity index (χ4v) is 4.06. The minimum atomic E-state index is -0.752. The molecule has 2 aromatic rings. The molecule has 1 fully saturated rings. The van der Waals surface area contributed by atoms with Crippen LogP contribution >= 0.6 is 11.3 Å². The number of hydrogen-bond acceptors (Lipinski definition) is 4. The molecule has 4 nitrogen and oxygen atoms in total. The highest BCUT2D eigenvalue weighted by atomic mass is 32.1. The van der Waals surface area contributed by atoms with Gasteiger partial charge in [-0.1, -0.05) is 36.4 Å². The summed E-state index contributed by atoms with van der Waals surface area (Å²) < 4.78 is 0. The monoisotopic (exact) mass is 344 g/mol. The summed E-state index contributed by atoms with van der Waals surface area (Å²) in [6.07, 6.45) is 1.80. The molecule has 1 aromatic carbocycles. The molecule has 1 aliphatic heterocycles. The molecule has 128 valence electrons. The zero-order valence-corrected chi connectivity index (χ0v) is 14.5.